The summed E-state index contributed by atoms with van der Waals surface area (Å²) in [6.07, 6.45) is 3.36. The van der Waals surface area contributed by atoms with Crippen molar-refractivity contribution in [3.05, 3.63) is 29.8 Å². The normalized spacial score (nSPS) is 14.4. The quantitative estimate of drug-likeness (QED) is 0.810. The van der Waals surface area contributed by atoms with Gasteiger partial charge < -0.3 is 14.5 Å². The Morgan fingerprint density at radius 1 is 1.04 bits per heavy atom. The number of hydrogen-bond acceptors (Lipinski definition) is 3. The fourth-order valence-corrected chi connectivity index (χ4v) is 2.77. The Morgan fingerprint density at radius 2 is 1.65 bits per heavy atom. The van der Waals surface area contributed by atoms with E-state index in [1.54, 1.807) is 29.2 Å². The minimum Gasteiger partial charge on any atom is -0.484 e. The van der Waals surface area contributed by atoms with E-state index in [0.29, 0.717) is 24.4 Å². The average molecular weight is 318 g/mol. The molecular weight excluding hydrogens is 292 g/mol. The van der Waals surface area contributed by atoms with Gasteiger partial charge in [-0.05, 0) is 57.4 Å². The lowest BCUT2D eigenvalue weighted by Crippen LogP contribution is -2.38. The molecule has 1 fully saturated rings. The highest BCUT2D eigenvalue weighted by Gasteiger charge is 2.17. The minimum absolute atomic E-state index is 0.0194. The molecule has 1 aromatic carbocycles. The summed E-state index contributed by atoms with van der Waals surface area (Å²) < 4.78 is 5.55. The molecule has 1 aromatic rings. The number of rotatable bonds is 6. The molecule has 0 saturated carbocycles. The van der Waals surface area contributed by atoms with E-state index >= 15 is 0 Å². The van der Waals surface area contributed by atoms with Crippen molar-refractivity contribution in [3.8, 4) is 5.75 Å². The van der Waals surface area contributed by atoms with Crippen LogP contribution in [0.15, 0.2) is 24.3 Å². The highest BCUT2D eigenvalue weighted by molar-refractivity contribution is 5.94. The maximum Gasteiger partial charge on any atom is 0.260 e. The maximum absolute atomic E-state index is 12.2. The standard InChI is InChI=1S/C18H26N2O3/c1-3-19(4-2)18(22)15-8-10-16(11-9-15)23-14-17(21)20-12-6-5-7-13-20/h8-11H,3-7,12-14H2,1-2H3. The van der Waals surface area contributed by atoms with Gasteiger partial charge in [0.25, 0.3) is 11.8 Å². The fraction of sp³-hybridized carbons (Fsp3) is 0.556. The Balaban J connectivity index is 1.87. The van der Waals surface area contributed by atoms with E-state index in [-0.39, 0.29) is 18.4 Å². The SMILES string of the molecule is CCN(CC)C(=O)c1ccc(OCC(=O)N2CCCCC2)cc1. The monoisotopic (exact) mass is 318 g/mol. The van der Waals surface area contributed by atoms with Gasteiger partial charge in [0.05, 0.1) is 0 Å². The molecule has 0 bridgehead atoms. The van der Waals surface area contributed by atoms with E-state index in [1.165, 1.54) is 6.42 Å². The van der Waals surface area contributed by atoms with Crippen LogP contribution in [0.25, 0.3) is 0 Å². The van der Waals surface area contributed by atoms with Crippen molar-refractivity contribution in [1.29, 1.82) is 0 Å². The lowest BCUT2D eigenvalue weighted by molar-refractivity contribution is -0.134. The predicted octanol–water partition coefficient (Wildman–Crippen LogP) is 2.56. The average Bonchev–Trinajstić information content (AvgIpc) is 2.61. The van der Waals surface area contributed by atoms with Crippen molar-refractivity contribution >= 4 is 11.8 Å². The van der Waals surface area contributed by atoms with Crippen LogP contribution in [0.3, 0.4) is 0 Å². The molecule has 2 amide bonds. The minimum atomic E-state index is 0.0194. The van der Waals surface area contributed by atoms with Crippen LogP contribution in [0.2, 0.25) is 0 Å². The van der Waals surface area contributed by atoms with Crippen molar-refractivity contribution < 1.29 is 14.3 Å². The first-order valence-corrected chi connectivity index (χ1v) is 8.45. The summed E-state index contributed by atoms with van der Waals surface area (Å²) >= 11 is 0. The van der Waals surface area contributed by atoms with E-state index in [1.807, 2.05) is 18.7 Å². The van der Waals surface area contributed by atoms with Gasteiger partial charge in [-0.15, -0.1) is 0 Å². The molecule has 0 atom stereocenters. The van der Waals surface area contributed by atoms with Crippen LogP contribution in [-0.4, -0.2) is 54.4 Å². The van der Waals surface area contributed by atoms with Gasteiger partial charge in [-0.3, -0.25) is 9.59 Å². The van der Waals surface area contributed by atoms with Gasteiger partial charge >= 0.3 is 0 Å². The van der Waals surface area contributed by atoms with Crippen LogP contribution in [0.4, 0.5) is 0 Å². The van der Waals surface area contributed by atoms with Crippen molar-refractivity contribution in [1.82, 2.24) is 9.80 Å². The lowest BCUT2D eigenvalue weighted by atomic mass is 10.1. The third-order valence-corrected chi connectivity index (χ3v) is 4.22. The molecule has 5 nitrogen and oxygen atoms in total. The molecule has 0 unspecified atom stereocenters. The van der Waals surface area contributed by atoms with Crippen LogP contribution < -0.4 is 4.74 Å². The lowest BCUT2D eigenvalue weighted by Gasteiger charge is -2.26. The first-order valence-electron chi connectivity index (χ1n) is 8.45. The zero-order valence-corrected chi connectivity index (χ0v) is 14.1. The second-order valence-corrected chi connectivity index (χ2v) is 5.73. The van der Waals surface area contributed by atoms with E-state index in [9.17, 15) is 9.59 Å². The third kappa shape index (κ3) is 4.71. The molecule has 1 aliphatic heterocycles. The number of amides is 2. The van der Waals surface area contributed by atoms with Crippen LogP contribution in [0.1, 0.15) is 43.5 Å². The van der Waals surface area contributed by atoms with Gasteiger partial charge in [-0.25, -0.2) is 0 Å². The maximum atomic E-state index is 12.2. The topological polar surface area (TPSA) is 49.9 Å². The second-order valence-electron chi connectivity index (χ2n) is 5.73. The smallest absolute Gasteiger partial charge is 0.260 e. The highest BCUT2D eigenvalue weighted by atomic mass is 16.5. The zero-order chi connectivity index (χ0) is 16.7. The van der Waals surface area contributed by atoms with Gasteiger partial charge in [0.15, 0.2) is 6.61 Å². The number of carbonyl (C=O) groups excluding carboxylic acids is 2. The molecule has 1 saturated heterocycles. The molecule has 1 heterocycles. The van der Waals surface area contributed by atoms with Crippen molar-refractivity contribution in [2.24, 2.45) is 0 Å². The summed E-state index contributed by atoms with van der Waals surface area (Å²) in [6, 6.07) is 7.00. The van der Waals surface area contributed by atoms with Gasteiger partial charge in [0.2, 0.25) is 0 Å². The largest absolute Gasteiger partial charge is 0.484 e. The molecular formula is C18H26N2O3. The summed E-state index contributed by atoms with van der Waals surface area (Å²) in [5, 5.41) is 0. The molecule has 2 rings (SSSR count). The molecule has 0 N–H and O–H groups in total. The Morgan fingerprint density at radius 3 is 2.22 bits per heavy atom. The van der Waals surface area contributed by atoms with E-state index in [4.69, 9.17) is 4.74 Å². The Bertz CT molecular complexity index is 518. The first kappa shape index (κ1) is 17.3. The number of carbonyl (C=O) groups is 2. The van der Waals surface area contributed by atoms with E-state index < -0.39 is 0 Å². The Kier molecular flexibility index (Phi) is 6.44. The van der Waals surface area contributed by atoms with Gasteiger partial charge in [0.1, 0.15) is 5.75 Å². The summed E-state index contributed by atoms with van der Waals surface area (Å²) in [5.74, 6) is 0.672. The molecule has 0 aliphatic carbocycles. The van der Waals surface area contributed by atoms with E-state index in [2.05, 4.69) is 0 Å². The van der Waals surface area contributed by atoms with Crippen molar-refractivity contribution in [2.75, 3.05) is 32.8 Å². The van der Waals surface area contributed by atoms with Crippen LogP contribution in [0.5, 0.6) is 5.75 Å². The molecule has 23 heavy (non-hydrogen) atoms. The second kappa shape index (κ2) is 8.56. The van der Waals surface area contributed by atoms with Crippen LogP contribution in [0, 0.1) is 0 Å². The summed E-state index contributed by atoms with van der Waals surface area (Å²) in [6.45, 7) is 7.04. The number of hydrogen-bond donors (Lipinski definition) is 0. The molecule has 126 valence electrons. The zero-order valence-electron chi connectivity index (χ0n) is 14.1. The Hall–Kier alpha value is -2.04. The van der Waals surface area contributed by atoms with Gasteiger partial charge in [-0.1, -0.05) is 0 Å². The van der Waals surface area contributed by atoms with E-state index in [0.717, 1.165) is 25.9 Å². The number of likely N-dealkylation sites (tertiary alicyclic amines) is 1. The molecule has 0 spiro atoms. The van der Waals surface area contributed by atoms with Gasteiger partial charge in [0, 0.05) is 31.7 Å². The predicted molar refractivity (Wildman–Crippen MR) is 89.6 cm³/mol. The highest BCUT2D eigenvalue weighted by Crippen LogP contribution is 2.15. The number of ether oxygens (including phenoxy) is 1. The Labute approximate surface area is 138 Å². The first-order chi connectivity index (χ1) is 11.2. The van der Waals surface area contributed by atoms with Gasteiger partial charge in [-0.2, -0.15) is 0 Å². The number of piperidine rings is 1. The summed E-state index contributed by atoms with van der Waals surface area (Å²) in [5.41, 5.74) is 0.642. The third-order valence-electron chi connectivity index (χ3n) is 4.22. The van der Waals surface area contributed by atoms with Crippen LogP contribution >= 0.6 is 0 Å². The van der Waals surface area contributed by atoms with Crippen molar-refractivity contribution in [3.63, 3.8) is 0 Å². The molecule has 5 heteroatoms. The van der Waals surface area contributed by atoms with Crippen molar-refractivity contribution in [2.45, 2.75) is 33.1 Å². The fourth-order valence-electron chi connectivity index (χ4n) is 2.77. The van der Waals surface area contributed by atoms with Crippen LogP contribution in [-0.2, 0) is 4.79 Å². The summed E-state index contributed by atoms with van der Waals surface area (Å²) in [4.78, 5) is 27.9. The molecule has 0 radical (unpaired) electrons. The summed E-state index contributed by atoms with van der Waals surface area (Å²) in [7, 11) is 0. The number of benzene rings is 1. The molecule has 0 aromatic heterocycles. The number of nitrogens with zero attached hydrogens (tertiary/aromatic N) is 2. The molecule has 1 aliphatic rings.